The number of ether oxygens (including phenoxy) is 2. The van der Waals surface area contributed by atoms with E-state index >= 15 is 0 Å². The van der Waals surface area contributed by atoms with Gasteiger partial charge in [-0.25, -0.2) is 4.98 Å². The lowest BCUT2D eigenvalue weighted by Crippen LogP contribution is -2.16. The van der Waals surface area contributed by atoms with Gasteiger partial charge in [0, 0.05) is 42.5 Å². The number of hydrogen-bond acceptors (Lipinski definition) is 5. The van der Waals surface area contributed by atoms with Gasteiger partial charge in [-0.2, -0.15) is 5.10 Å². The van der Waals surface area contributed by atoms with Crippen LogP contribution in [-0.4, -0.2) is 33.5 Å². The van der Waals surface area contributed by atoms with Gasteiger partial charge in [-0.1, -0.05) is 0 Å². The van der Waals surface area contributed by atoms with Crippen molar-refractivity contribution in [2.45, 2.75) is 13.0 Å². The van der Waals surface area contributed by atoms with Crippen molar-refractivity contribution in [1.82, 2.24) is 25.5 Å². The van der Waals surface area contributed by atoms with E-state index in [0.717, 1.165) is 53.5 Å². The maximum absolute atomic E-state index is 5.44. The maximum atomic E-state index is 5.44. The van der Waals surface area contributed by atoms with Gasteiger partial charge in [-0.15, -0.1) is 0 Å². The van der Waals surface area contributed by atoms with Crippen LogP contribution in [0.2, 0.25) is 0 Å². The molecule has 23 heavy (non-hydrogen) atoms. The molecule has 2 aromatic heterocycles. The van der Waals surface area contributed by atoms with Gasteiger partial charge in [0.1, 0.15) is 0 Å². The van der Waals surface area contributed by atoms with Gasteiger partial charge >= 0.3 is 0 Å². The van der Waals surface area contributed by atoms with E-state index < -0.39 is 0 Å². The lowest BCUT2D eigenvalue weighted by Gasteiger charge is -2.06. The molecule has 0 fully saturated rings. The monoisotopic (exact) mass is 311 g/mol. The first-order chi connectivity index (χ1) is 11.4. The van der Waals surface area contributed by atoms with Crippen molar-refractivity contribution < 1.29 is 9.47 Å². The molecule has 118 valence electrons. The zero-order valence-electron chi connectivity index (χ0n) is 12.5. The first-order valence-corrected chi connectivity index (χ1v) is 7.50. The standard InChI is InChI=1S/C16H17N5O2/c1-2-14-15(23-10-22-14)5-11(1)16-12(7-20-21-16)6-17-4-3-13-8-18-9-19-13/h1-2,5,7-9,17H,3-4,6,10H2,(H,18,19)(H,20,21). The van der Waals surface area contributed by atoms with Crippen LogP contribution in [0.5, 0.6) is 11.5 Å². The molecule has 0 atom stereocenters. The molecule has 7 heteroatoms. The predicted molar refractivity (Wildman–Crippen MR) is 84.1 cm³/mol. The summed E-state index contributed by atoms with van der Waals surface area (Å²) in [4.78, 5) is 7.11. The number of nitrogens with zero attached hydrogens (tertiary/aromatic N) is 2. The van der Waals surface area contributed by atoms with Gasteiger partial charge in [-0.3, -0.25) is 5.10 Å². The van der Waals surface area contributed by atoms with Crippen LogP contribution in [-0.2, 0) is 13.0 Å². The second-order valence-corrected chi connectivity index (χ2v) is 5.34. The number of aromatic amines is 2. The lowest BCUT2D eigenvalue weighted by atomic mass is 10.1. The Balaban J connectivity index is 1.42. The van der Waals surface area contributed by atoms with Crippen LogP contribution >= 0.6 is 0 Å². The van der Waals surface area contributed by atoms with Crippen LogP contribution in [0.4, 0.5) is 0 Å². The summed E-state index contributed by atoms with van der Waals surface area (Å²) in [5, 5.41) is 10.7. The summed E-state index contributed by atoms with van der Waals surface area (Å²) in [6.07, 6.45) is 6.31. The van der Waals surface area contributed by atoms with Gasteiger partial charge in [0.2, 0.25) is 6.79 Å². The van der Waals surface area contributed by atoms with E-state index in [-0.39, 0.29) is 6.79 Å². The van der Waals surface area contributed by atoms with E-state index in [0.29, 0.717) is 0 Å². The van der Waals surface area contributed by atoms with E-state index in [9.17, 15) is 0 Å². The maximum Gasteiger partial charge on any atom is 0.231 e. The summed E-state index contributed by atoms with van der Waals surface area (Å²) >= 11 is 0. The number of benzene rings is 1. The van der Waals surface area contributed by atoms with Crippen LogP contribution in [0.15, 0.2) is 36.9 Å². The smallest absolute Gasteiger partial charge is 0.231 e. The quantitative estimate of drug-likeness (QED) is 0.605. The molecule has 3 N–H and O–H groups in total. The zero-order chi connectivity index (χ0) is 15.5. The first kappa shape index (κ1) is 13.8. The Bertz CT molecular complexity index is 782. The van der Waals surface area contributed by atoms with Crippen molar-refractivity contribution in [2.24, 2.45) is 0 Å². The van der Waals surface area contributed by atoms with Crippen molar-refractivity contribution in [2.75, 3.05) is 13.3 Å². The number of rotatable bonds is 6. The van der Waals surface area contributed by atoms with Crippen LogP contribution in [0.25, 0.3) is 11.3 Å². The Labute approximate surface area is 133 Å². The van der Waals surface area contributed by atoms with Gasteiger partial charge in [0.15, 0.2) is 11.5 Å². The molecule has 3 aromatic rings. The molecule has 0 spiro atoms. The molecule has 1 aromatic carbocycles. The van der Waals surface area contributed by atoms with Gasteiger partial charge in [0.05, 0.1) is 18.2 Å². The summed E-state index contributed by atoms with van der Waals surface area (Å²) in [5.41, 5.74) is 4.28. The minimum Gasteiger partial charge on any atom is -0.454 e. The fourth-order valence-corrected chi connectivity index (χ4v) is 2.61. The van der Waals surface area contributed by atoms with Crippen molar-refractivity contribution in [3.8, 4) is 22.8 Å². The topological polar surface area (TPSA) is 87.8 Å². The predicted octanol–water partition coefficient (Wildman–Crippen LogP) is 1.86. The summed E-state index contributed by atoms with van der Waals surface area (Å²) in [5.74, 6) is 1.56. The second-order valence-electron chi connectivity index (χ2n) is 5.34. The summed E-state index contributed by atoms with van der Waals surface area (Å²) in [6.45, 7) is 1.89. The molecule has 0 saturated carbocycles. The fraction of sp³-hybridized carbons (Fsp3) is 0.250. The molecule has 7 nitrogen and oxygen atoms in total. The molecule has 0 aliphatic carbocycles. The normalized spacial score (nSPS) is 12.7. The highest BCUT2D eigenvalue weighted by Gasteiger charge is 2.16. The van der Waals surface area contributed by atoms with Crippen molar-refractivity contribution in [3.63, 3.8) is 0 Å². The van der Waals surface area contributed by atoms with Crippen molar-refractivity contribution in [3.05, 3.63) is 48.2 Å². The Hall–Kier alpha value is -2.80. The van der Waals surface area contributed by atoms with Crippen LogP contribution < -0.4 is 14.8 Å². The first-order valence-electron chi connectivity index (χ1n) is 7.50. The number of fused-ring (bicyclic) bond motifs is 1. The third-order valence-electron chi connectivity index (χ3n) is 3.82. The minimum absolute atomic E-state index is 0.282. The van der Waals surface area contributed by atoms with Gasteiger partial charge in [-0.05, 0) is 18.2 Å². The highest BCUT2D eigenvalue weighted by molar-refractivity contribution is 5.66. The number of imidazole rings is 1. The lowest BCUT2D eigenvalue weighted by molar-refractivity contribution is 0.174. The number of nitrogens with one attached hydrogen (secondary N) is 3. The highest BCUT2D eigenvalue weighted by Crippen LogP contribution is 2.36. The highest BCUT2D eigenvalue weighted by atomic mass is 16.7. The molecule has 1 aliphatic heterocycles. The third kappa shape index (κ3) is 2.91. The van der Waals surface area contributed by atoms with Crippen LogP contribution in [0, 0.1) is 0 Å². The number of hydrogen-bond donors (Lipinski definition) is 3. The average Bonchev–Trinajstić information content (AvgIpc) is 3.31. The number of aromatic nitrogens is 4. The van der Waals surface area contributed by atoms with E-state index in [4.69, 9.17) is 9.47 Å². The minimum atomic E-state index is 0.282. The van der Waals surface area contributed by atoms with Gasteiger partial charge < -0.3 is 19.8 Å². The molecule has 0 amide bonds. The van der Waals surface area contributed by atoms with Crippen LogP contribution in [0.1, 0.15) is 11.3 Å². The fourth-order valence-electron chi connectivity index (χ4n) is 2.61. The van der Waals surface area contributed by atoms with E-state index in [2.05, 4.69) is 25.5 Å². The van der Waals surface area contributed by atoms with E-state index in [1.807, 2.05) is 30.6 Å². The Morgan fingerprint density at radius 1 is 1.17 bits per heavy atom. The second kappa shape index (κ2) is 6.13. The average molecular weight is 311 g/mol. The third-order valence-corrected chi connectivity index (χ3v) is 3.82. The summed E-state index contributed by atoms with van der Waals surface area (Å²) in [6, 6.07) is 5.91. The van der Waals surface area contributed by atoms with E-state index in [1.165, 1.54) is 0 Å². The molecule has 3 heterocycles. The Kier molecular flexibility index (Phi) is 3.69. The van der Waals surface area contributed by atoms with Gasteiger partial charge in [0.25, 0.3) is 0 Å². The Morgan fingerprint density at radius 3 is 3.04 bits per heavy atom. The molecule has 1 aliphatic rings. The molecule has 0 radical (unpaired) electrons. The Morgan fingerprint density at radius 2 is 2.13 bits per heavy atom. The number of H-pyrrole nitrogens is 2. The SMILES string of the molecule is c1ncc(CCNCc2cn[nH]c2-c2ccc3c(c2)OCO3)[nH]1. The molecular weight excluding hydrogens is 294 g/mol. The molecule has 0 unspecified atom stereocenters. The molecular formula is C16H17N5O2. The van der Waals surface area contributed by atoms with Crippen LogP contribution in [0.3, 0.4) is 0 Å². The van der Waals surface area contributed by atoms with Crippen molar-refractivity contribution >= 4 is 0 Å². The zero-order valence-corrected chi connectivity index (χ0v) is 12.5. The summed E-state index contributed by atoms with van der Waals surface area (Å²) in [7, 11) is 0. The molecule has 4 rings (SSSR count). The van der Waals surface area contributed by atoms with E-state index in [1.54, 1.807) is 6.33 Å². The van der Waals surface area contributed by atoms with Crippen molar-refractivity contribution in [1.29, 1.82) is 0 Å². The molecule has 0 saturated heterocycles. The molecule has 0 bridgehead atoms. The summed E-state index contributed by atoms with van der Waals surface area (Å²) < 4.78 is 10.8. The largest absolute Gasteiger partial charge is 0.454 e.